The largest absolute Gasteiger partial charge is 0.366 e. The molecule has 3 rings (SSSR count). The second-order valence-corrected chi connectivity index (χ2v) is 4.18. The number of amides is 1. The van der Waals surface area contributed by atoms with Crippen LogP contribution in [0.3, 0.4) is 0 Å². The van der Waals surface area contributed by atoms with Crippen molar-refractivity contribution in [3.63, 3.8) is 0 Å². The predicted molar refractivity (Wildman–Crippen MR) is 81.2 cm³/mol. The number of hydrogen-bond acceptors (Lipinski definition) is 1. The molecule has 0 spiro atoms. The van der Waals surface area contributed by atoms with Crippen LogP contribution >= 0.6 is 0 Å². The number of hydrogen-bond donors (Lipinski definition) is 2. The van der Waals surface area contributed by atoms with Crippen LogP contribution in [0.4, 0.5) is 0 Å². The number of carbonyl (C=O) groups is 1. The molecule has 1 heterocycles. The van der Waals surface area contributed by atoms with E-state index < -0.39 is 0 Å². The van der Waals surface area contributed by atoms with Crippen molar-refractivity contribution in [3.8, 4) is 11.3 Å². The summed E-state index contributed by atoms with van der Waals surface area (Å²) in [7, 11) is 0. The maximum atomic E-state index is 10.4. The summed E-state index contributed by atoms with van der Waals surface area (Å²) in [4.78, 5) is 13.6. The first-order chi connectivity index (χ1) is 9.77. The van der Waals surface area contributed by atoms with Crippen molar-refractivity contribution >= 4 is 5.91 Å². The number of nitrogens with one attached hydrogen (secondary N) is 1. The van der Waals surface area contributed by atoms with Crippen molar-refractivity contribution < 1.29 is 4.79 Å². The van der Waals surface area contributed by atoms with Crippen LogP contribution in [0.5, 0.6) is 0 Å². The zero-order valence-corrected chi connectivity index (χ0v) is 11.0. The van der Waals surface area contributed by atoms with E-state index in [2.05, 4.69) is 23.2 Å². The van der Waals surface area contributed by atoms with Crippen molar-refractivity contribution in [1.82, 2.24) is 4.98 Å². The molecule has 1 amide bonds. The van der Waals surface area contributed by atoms with Gasteiger partial charge in [-0.1, -0.05) is 48.5 Å². The predicted octanol–water partition coefficient (Wildman–Crippen LogP) is 3.47. The van der Waals surface area contributed by atoms with Crippen LogP contribution in [-0.2, 0) is 0 Å². The van der Waals surface area contributed by atoms with Gasteiger partial charge in [-0.05, 0) is 29.8 Å². The molecule has 0 saturated carbocycles. The zero-order chi connectivity index (χ0) is 14.2. The van der Waals surface area contributed by atoms with Crippen LogP contribution < -0.4 is 5.73 Å². The summed E-state index contributed by atoms with van der Waals surface area (Å²) in [6, 6.07) is 23.1. The highest BCUT2D eigenvalue weighted by Crippen LogP contribution is 2.14. The Morgan fingerprint density at radius 3 is 1.85 bits per heavy atom. The van der Waals surface area contributed by atoms with E-state index in [-0.39, 0.29) is 5.91 Å². The summed E-state index contributed by atoms with van der Waals surface area (Å²) < 4.78 is 0. The molecule has 3 aromatic rings. The van der Waals surface area contributed by atoms with Crippen LogP contribution in [0.1, 0.15) is 10.4 Å². The van der Waals surface area contributed by atoms with Gasteiger partial charge in [-0.25, -0.2) is 0 Å². The summed E-state index contributed by atoms with van der Waals surface area (Å²) >= 11 is 0. The number of H-pyrrole nitrogens is 1. The van der Waals surface area contributed by atoms with Gasteiger partial charge in [-0.15, -0.1) is 0 Å². The van der Waals surface area contributed by atoms with Gasteiger partial charge in [0, 0.05) is 17.5 Å². The van der Waals surface area contributed by atoms with E-state index in [0.29, 0.717) is 5.56 Å². The third-order valence-corrected chi connectivity index (χ3v) is 2.74. The Balaban J connectivity index is 0.000000151. The van der Waals surface area contributed by atoms with E-state index in [1.54, 1.807) is 24.3 Å². The van der Waals surface area contributed by atoms with E-state index >= 15 is 0 Å². The molecular weight excluding hydrogens is 248 g/mol. The van der Waals surface area contributed by atoms with Crippen molar-refractivity contribution in [2.75, 3.05) is 0 Å². The SMILES string of the molecule is NC(=O)c1ccccc1.c1ccc(-c2ccc[nH]2)cc1. The third kappa shape index (κ3) is 3.85. The molecule has 0 fully saturated rings. The molecule has 0 bridgehead atoms. The van der Waals surface area contributed by atoms with Gasteiger partial charge < -0.3 is 10.7 Å². The Kier molecular flexibility index (Phi) is 4.73. The standard InChI is InChI=1S/C10H9N.C7H7NO/c1-2-5-9(6-3-1)10-7-4-8-11-10;8-7(9)6-4-2-1-3-5-6/h1-8,11H;1-5H,(H2,8,9). The second-order valence-electron chi connectivity index (χ2n) is 4.18. The smallest absolute Gasteiger partial charge is 0.248 e. The van der Waals surface area contributed by atoms with Crippen molar-refractivity contribution in [1.29, 1.82) is 0 Å². The first-order valence-corrected chi connectivity index (χ1v) is 6.31. The lowest BCUT2D eigenvalue weighted by Crippen LogP contribution is -2.09. The number of rotatable bonds is 2. The quantitative estimate of drug-likeness (QED) is 0.731. The Labute approximate surface area is 118 Å². The molecule has 3 nitrogen and oxygen atoms in total. The summed E-state index contributed by atoms with van der Waals surface area (Å²) in [6.45, 7) is 0. The first kappa shape index (κ1) is 13.6. The van der Waals surface area contributed by atoms with Crippen molar-refractivity contribution in [2.45, 2.75) is 0 Å². The van der Waals surface area contributed by atoms with Crippen LogP contribution in [-0.4, -0.2) is 10.9 Å². The Hall–Kier alpha value is -2.81. The number of carbonyl (C=O) groups excluding carboxylic acids is 1. The maximum Gasteiger partial charge on any atom is 0.248 e. The van der Waals surface area contributed by atoms with E-state index in [9.17, 15) is 4.79 Å². The van der Waals surface area contributed by atoms with E-state index in [4.69, 9.17) is 5.73 Å². The van der Waals surface area contributed by atoms with Gasteiger partial charge in [0.1, 0.15) is 0 Å². The number of benzene rings is 2. The van der Waals surface area contributed by atoms with E-state index in [0.717, 1.165) is 0 Å². The number of primary amides is 1. The van der Waals surface area contributed by atoms with Gasteiger partial charge in [0.2, 0.25) is 5.91 Å². The highest BCUT2D eigenvalue weighted by Gasteiger charge is 1.94. The highest BCUT2D eigenvalue weighted by atomic mass is 16.1. The first-order valence-electron chi connectivity index (χ1n) is 6.31. The number of nitrogens with two attached hydrogens (primary N) is 1. The van der Waals surface area contributed by atoms with Crippen LogP contribution in [0.25, 0.3) is 11.3 Å². The molecule has 3 heteroatoms. The van der Waals surface area contributed by atoms with Gasteiger partial charge in [-0.3, -0.25) is 4.79 Å². The second kappa shape index (κ2) is 6.95. The normalized spacial score (nSPS) is 9.40. The third-order valence-electron chi connectivity index (χ3n) is 2.74. The van der Waals surface area contributed by atoms with Crippen LogP contribution in [0, 0.1) is 0 Å². The van der Waals surface area contributed by atoms with Crippen molar-refractivity contribution in [3.05, 3.63) is 84.6 Å². The average Bonchev–Trinajstić information content (AvgIpc) is 3.04. The molecule has 0 aliphatic carbocycles. The molecule has 0 radical (unpaired) electrons. The zero-order valence-electron chi connectivity index (χ0n) is 11.0. The van der Waals surface area contributed by atoms with E-state index in [1.165, 1.54) is 11.3 Å². The lowest BCUT2D eigenvalue weighted by Gasteiger charge is -1.94. The maximum absolute atomic E-state index is 10.4. The molecular formula is C17H16N2O. The molecule has 1 aromatic heterocycles. The van der Waals surface area contributed by atoms with Gasteiger partial charge in [0.25, 0.3) is 0 Å². The number of aromatic nitrogens is 1. The summed E-state index contributed by atoms with van der Waals surface area (Å²) in [5.74, 6) is -0.379. The van der Waals surface area contributed by atoms with Gasteiger partial charge >= 0.3 is 0 Å². The van der Waals surface area contributed by atoms with Crippen molar-refractivity contribution in [2.24, 2.45) is 5.73 Å². The summed E-state index contributed by atoms with van der Waals surface area (Å²) in [5, 5.41) is 0. The molecule has 0 atom stereocenters. The monoisotopic (exact) mass is 264 g/mol. The lowest BCUT2D eigenvalue weighted by atomic mass is 10.2. The topological polar surface area (TPSA) is 58.9 Å². The van der Waals surface area contributed by atoms with Gasteiger partial charge in [0.15, 0.2) is 0 Å². The van der Waals surface area contributed by atoms with E-state index in [1.807, 2.05) is 36.5 Å². The van der Waals surface area contributed by atoms with Crippen LogP contribution in [0.15, 0.2) is 79.0 Å². The fourth-order valence-electron chi connectivity index (χ4n) is 1.73. The molecule has 0 saturated heterocycles. The Bertz CT molecular complexity index is 631. The number of aromatic amines is 1. The Morgan fingerprint density at radius 2 is 1.40 bits per heavy atom. The minimum Gasteiger partial charge on any atom is -0.366 e. The summed E-state index contributed by atoms with van der Waals surface area (Å²) in [5.41, 5.74) is 7.93. The minimum absolute atomic E-state index is 0.379. The van der Waals surface area contributed by atoms with Gasteiger partial charge in [0.05, 0.1) is 0 Å². The molecule has 0 aliphatic rings. The molecule has 2 aromatic carbocycles. The molecule has 20 heavy (non-hydrogen) atoms. The molecule has 0 unspecified atom stereocenters. The van der Waals surface area contributed by atoms with Gasteiger partial charge in [-0.2, -0.15) is 0 Å². The molecule has 100 valence electrons. The summed E-state index contributed by atoms with van der Waals surface area (Å²) in [6.07, 6.45) is 1.93. The fraction of sp³-hybridized carbons (Fsp3) is 0. The Morgan fingerprint density at radius 1 is 0.800 bits per heavy atom. The molecule has 3 N–H and O–H groups in total. The minimum atomic E-state index is -0.379. The average molecular weight is 264 g/mol. The molecule has 0 aliphatic heterocycles. The van der Waals surface area contributed by atoms with Crippen LogP contribution in [0.2, 0.25) is 0 Å². The fourth-order valence-corrected chi connectivity index (χ4v) is 1.73. The lowest BCUT2D eigenvalue weighted by molar-refractivity contribution is 0.100. The highest BCUT2D eigenvalue weighted by molar-refractivity contribution is 5.92.